The van der Waals surface area contributed by atoms with Crippen molar-refractivity contribution in [3.05, 3.63) is 17.3 Å². The van der Waals surface area contributed by atoms with Crippen LogP contribution in [0.2, 0.25) is 5.02 Å². The molecule has 2 unspecified atom stereocenters. The van der Waals surface area contributed by atoms with Crippen molar-refractivity contribution in [1.82, 2.24) is 4.98 Å². The van der Waals surface area contributed by atoms with Crippen molar-refractivity contribution in [2.75, 3.05) is 18.2 Å². The first kappa shape index (κ1) is 12.5. The molecule has 0 radical (unpaired) electrons. The van der Waals surface area contributed by atoms with Crippen molar-refractivity contribution in [3.63, 3.8) is 0 Å². The van der Waals surface area contributed by atoms with E-state index in [4.69, 9.17) is 22.1 Å². The first-order valence-corrected chi connectivity index (χ1v) is 6.03. The van der Waals surface area contributed by atoms with Gasteiger partial charge in [0, 0.05) is 24.8 Å². The zero-order valence-electron chi connectivity index (χ0n) is 10.3. The lowest BCUT2D eigenvalue weighted by atomic mass is 9.64. The van der Waals surface area contributed by atoms with E-state index >= 15 is 0 Å². The normalized spacial score (nSPS) is 26.4. The Morgan fingerprint density at radius 2 is 2.29 bits per heavy atom. The van der Waals surface area contributed by atoms with Crippen LogP contribution in [0.1, 0.15) is 20.3 Å². The molecule has 17 heavy (non-hydrogen) atoms. The van der Waals surface area contributed by atoms with E-state index in [2.05, 4.69) is 24.1 Å². The summed E-state index contributed by atoms with van der Waals surface area (Å²) in [6.45, 7) is 4.35. The van der Waals surface area contributed by atoms with Gasteiger partial charge in [-0.2, -0.15) is 0 Å². The number of nitrogens with two attached hydrogens (primary N) is 1. The Balaban J connectivity index is 2.08. The van der Waals surface area contributed by atoms with Gasteiger partial charge in [-0.05, 0) is 12.5 Å². The topological polar surface area (TPSA) is 60.2 Å². The maximum Gasteiger partial charge on any atom is 0.149 e. The van der Waals surface area contributed by atoms with Crippen molar-refractivity contribution in [2.24, 2.45) is 5.41 Å². The molecule has 0 bridgehead atoms. The van der Waals surface area contributed by atoms with Gasteiger partial charge in [-0.3, -0.25) is 0 Å². The highest BCUT2D eigenvalue weighted by Crippen LogP contribution is 2.44. The fraction of sp³-hybridized carbons (Fsp3) is 0.583. The maximum atomic E-state index is 5.86. The highest BCUT2D eigenvalue weighted by atomic mass is 35.5. The molecule has 0 aliphatic heterocycles. The third-order valence-corrected chi connectivity index (χ3v) is 3.86. The molecule has 1 fully saturated rings. The zero-order valence-corrected chi connectivity index (χ0v) is 11.1. The van der Waals surface area contributed by atoms with Gasteiger partial charge in [0.2, 0.25) is 0 Å². The van der Waals surface area contributed by atoms with Crippen molar-refractivity contribution in [1.29, 1.82) is 0 Å². The van der Waals surface area contributed by atoms with Crippen LogP contribution in [0.4, 0.5) is 11.5 Å². The number of halogens is 1. The Hall–Kier alpha value is -1.00. The second-order valence-electron chi connectivity index (χ2n) is 5.07. The summed E-state index contributed by atoms with van der Waals surface area (Å²) in [5.41, 5.74) is 6.53. The lowest BCUT2D eigenvalue weighted by Gasteiger charge is -2.51. The Kier molecular flexibility index (Phi) is 3.19. The smallest absolute Gasteiger partial charge is 0.149 e. The van der Waals surface area contributed by atoms with E-state index in [1.54, 1.807) is 19.4 Å². The van der Waals surface area contributed by atoms with Crippen LogP contribution >= 0.6 is 11.6 Å². The third-order valence-electron chi connectivity index (χ3n) is 3.66. The second-order valence-corrected chi connectivity index (χ2v) is 5.51. The average molecular weight is 256 g/mol. The fourth-order valence-corrected chi connectivity index (χ4v) is 2.44. The molecular weight excluding hydrogens is 238 g/mol. The van der Waals surface area contributed by atoms with Gasteiger partial charge in [0.15, 0.2) is 0 Å². The van der Waals surface area contributed by atoms with Crippen molar-refractivity contribution in [2.45, 2.75) is 32.4 Å². The van der Waals surface area contributed by atoms with Crippen LogP contribution in [0.5, 0.6) is 0 Å². The number of ether oxygens (including phenoxy) is 1. The highest BCUT2D eigenvalue weighted by Gasteiger charge is 2.48. The molecule has 5 heteroatoms. The van der Waals surface area contributed by atoms with Crippen LogP contribution in [0.25, 0.3) is 0 Å². The summed E-state index contributed by atoms with van der Waals surface area (Å²) in [6.07, 6.45) is 2.85. The predicted octanol–water partition coefficient (Wildman–Crippen LogP) is 2.54. The van der Waals surface area contributed by atoms with E-state index < -0.39 is 0 Å². The molecule has 3 N–H and O–H groups in total. The third kappa shape index (κ3) is 2.19. The maximum absolute atomic E-state index is 5.86. The van der Waals surface area contributed by atoms with Crippen molar-refractivity contribution in [3.8, 4) is 0 Å². The number of anilines is 2. The molecule has 0 amide bonds. The zero-order chi connectivity index (χ0) is 12.6. The number of nitrogens with zero attached hydrogens (tertiary/aromatic N) is 1. The molecular formula is C12H18ClN3O. The van der Waals surface area contributed by atoms with Crippen LogP contribution in [0, 0.1) is 5.41 Å². The number of pyridine rings is 1. The molecule has 1 aromatic heterocycles. The first-order valence-electron chi connectivity index (χ1n) is 5.65. The van der Waals surface area contributed by atoms with Gasteiger partial charge in [0.05, 0.1) is 16.8 Å². The number of nitrogen functional groups attached to an aromatic ring is 1. The molecule has 1 aliphatic carbocycles. The number of hydrogen-bond donors (Lipinski definition) is 2. The summed E-state index contributed by atoms with van der Waals surface area (Å²) in [5.74, 6) is 0.696. The van der Waals surface area contributed by atoms with Crippen molar-refractivity contribution < 1.29 is 4.74 Å². The van der Waals surface area contributed by atoms with Crippen LogP contribution in [0.15, 0.2) is 12.3 Å². The van der Waals surface area contributed by atoms with Gasteiger partial charge in [0.1, 0.15) is 5.82 Å². The lowest BCUT2D eigenvalue weighted by molar-refractivity contribution is -0.0795. The van der Waals surface area contributed by atoms with Gasteiger partial charge in [-0.25, -0.2) is 4.98 Å². The van der Waals surface area contributed by atoms with E-state index in [0.29, 0.717) is 22.6 Å². The minimum Gasteiger partial charge on any atom is -0.396 e. The Bertz CT molecular complexity index is 422. The molecule has 1 heterocycles. The molecule has 0 aromatic carbocycles. The van der Waals surface area contributed by atoms with E-state index in [0.717, 1.165) is 6.42 Å². The summed E-state index contributed by atoms with van der Waals surface area (Å²) < 4.78 is 5.41. The Labute approximate surface area is 107 Å². The summed E-state index contributed by atoms with van der Waals surface area (Å²) in [6, 6.07) is 2.03. The van der Waals surface area contributed by atoms with E-state index in [-0.39, 0.29) is 11.5 Å². The van der Waals surface area contributed by atoms with Crippen LogP contribution in [-0.4, -0.2) is 24.2 Å². The molecule has 0 saturated heterocycles. The van der Waals surface area contributed by atoms with Crippen LogP contribution < -0.4 is 11.1 Å². The van der Waals surface area contributed by atoms with Crippen LogP contribution in [-0.2, 0) is 4.74 Å². The number of nitrogens with one attached hydrogen (secondary N) is 1. The number of aromatic nitrogens is 1. The molecule has 0 spiro atoms. The standard InChI is InChI=1S/C12H18ClN3O/c1-12(2)9(5-10(12)17-3)16-11-8(14)4-7(13)6-15-11/h4,6,9-10H,5,14H2,1-3H3,(H,15,16). The SMILES string of the molecule is COC1CC(Nc2ncc(Cl)cc2N)C1(C)C. The lowest BCUT2D eigenvalue weighted by Crippen LogP contribution is -2.57. The fourth-order valence-electron chi connectivity index (χ4n) is 2.27. The van der Waals surface area contributed by atoms with Gasteiger partial charge in [-0.1, -0.05) is 25.4 Å². The molecule has 2 atom stereocenters. The second kappa shape index (κ2) is 4.35. The Morgan fingerprint density at radius 1 is 1.59 bits per heavy atom. The Morgan fingerprint density at radius 3 is 2.82 bits per heavy atom. The van der Waals surface area contributed by atoms with Gasteiger partial charge in [-0.15, -0.1) is 0 Å². The predicted molar refractivity (Wildman–Crippen MR) is 70.3 cm³/mol. The minimum absolute atomic E-state index is 0.0858. The van der Waals surface area contributed by atoms with Crippen molar-refractivity contribution >= 4 is 23.1 Å². The average Bonchev–Trinajstić information content (AvgIpc) is 2.26. The summed E-state index contributed by atoms with van der Waals surface area (Å²) >= 11 is 5.81. The molecule has 1 aromatic rings. The molecule has 94 valence electrons. The van der Waals surface area contributed by atoms with E-state index in [9.17, 15) is 0 Å². The number of rotatable bonds is 3. The quantitative estimate of drug-likeness (QED) is 0.872. The molecule has 4 nitrogen and oxygen atoms in total. The van der Waals surface area contributed by atoms with E-state index in [1.165, 1.54) is 0 Å². The van der Waals surface area contributed by atoms with Gasteiger partial charge < -0.3 is 15.8 Å². The largest absolute Gasteiger partial charge is 0.396 e. The molecule has 2 rings (SSSR count). The van der Waals surface area contributed by atoms with Gasteiger partial charge >= 0.3 is 0 Å². The summed E-state index contributed by atoms with van der Waals surface area (Å²) in [5, 5.41) is 3.91. The minimum atomic E-state index is 0.0858. The first-order chi connectivity index (χ1) is 7.95. The number of hydrogen-bond acceptors (Lipinski definition) is 4. The monoisotopic (exact) mass is 255 g/mol. The summed E-state index contributed by atoms with van der Waals surface area (Å²) in [4.78, 5) is 4.21. The van der Waals surface area contributed by atoms with Crippen LogP contribution in [0.3, 0.4) is 0 Å². The number of methoxy groups -OCH3 is 1. The van der Waals surface area contributed by atoms with E-state index in [1.807, 2.05) is 0 Å². The van der Waals surface area contributed by atoms with Gasteiger partial charge in [0.25, 0.3) is 0 Å². The molecule has 1 saturated carbocycles. The highest BCUT2D eigenvalue weighted by molar-refractivity contribution is 6.30. The summed E-state index contributed by atoms with van der Waals surface area (Å²) in [7, 11) is 1.75. The molecule has 1 aliphatic rings.